The quantitative estimate of drug-likeness (QED) is 0.880. The van der Waals surface area contributed by atoms with E-state index in [1.807, 2.05) is 34.1 Å². The van der Waals surface area contributed by atoms with E-state index in [0.717, 1.165) is 51.4 Å². The van der Waals surface area contributed by atoms with E-state index in [4.69, 9.17) is 0 Å². The first kappa shape index (κ1) is 18.7. The molecule has 2 amide bonds. The van der Waals surface area contributed by atoms with Gasteiger partial charge in [-0.1, -0.05) is 29.8 Å². The van der Waals surface area contributed by atoms with E-state index >= 15 is 0 Å². The summed E-state index contributed by atoms with van der Waals surface area (Å²) < 4.78 is 0. The molecular formula is C23H28N3O2+. The van der Waals surface area contributed by atoms with Crippen LogP contribution in [0.1, 0.15) is 34.3 Å². The zero-order chi connectivity index (χ0) is 19.5. The lowest BCUT2D eigenvalue weighted by Crippen LogP contribution is -3.13. The summed E-state index contributed by atoms with van der Waals surface area (Å²) in [4.78, 5) is 30.0. The van der Waals surface area contributed by atoms with Crippen LogP contribution >= 0.6 is 0 Å². The summed E-state index contributed by atoms with van der Waals surface area (Å²) in [7, 11) is 0. The average Bonchev–Trinajstić information content (AvgIpc) is 3.14. The first-order chi connectivity index (χ1) is 13.6. The zero-order valence-electron chi connectivity index (χ0n) is 16.5. The predicted octanol–water partition coefficient (Wildman–Crippen LogP) is 1.66. The van der Waals surface area contributed by atoms with E-state index in [1.165, 1.54) is 16.0 Å². The number of piperazine rings is 1. The molecule has 0 radical (unpaired) electrons. The summed E-state index contributed by atoms with van der Waals surface area (Å²) in [5, 5.41) is 0. The summed E-state index contributed by atoms with van der Waals surface area (Å²) in [6, 6.07) is 16.2. The van der Waals surface area contributed by atoms with Crippen molar-refractivity contribution < 1.29 is 14.5 Å². The standard InChI is InChI=1S/C23H27N3O2/c1-18-4-2-5-19(16-18)17-24-12-14-25(15-13-24)23(28)20-7-9-21(10-8-20)26-11-3-6-22(26)27/h2,4-5,7-10,16H,3,6,11-15,17H2,1H3/p+1. The van der Waals surface area contributed by atoms with Crippen LogP contribution < -0.4 is 9.80 Å². The Bertz CT molecular complexity index is 854. The number of nitrogens with zero attached hydrogens (tertiary/aromatic N) is 2. The smallest absolute Gasteiger partial charge is 0.254 e. The van der Waals surface area contributed by atoms with Crippen LogP contribution in [-0.4, -0.2) is 49.4 Å². The molecule has 0 aliphatic carbocycles. The number of carbonyl (C=O) groups excluding carboxylic acids is 2. The van der Waals surface area contributed by atoms with Gasteiger partial charge in [0.15, 0.2) is 0 Å². The number of amides is 2. The zero-order valence-corrected chi connectivity index (χ0v) is 16.5. The maximum Gasteiger partial charge on any atom is 0.254 e. The minimum Gasteiger partial charge on any atom is -0.328 e. The highest BCUT2D eigenvalue weighted by atomic mass is 16.2. The van der Waals surface area contributed by atoms with Gasteiger partial charge in [0.05, 0.1) is 26.2 Å². The predicted molar refractivity (Wildman–Crippen MR) is 110 cm³/mol. The molecule has 5 heteroatoms. The fourth-order valence-corrected chi connectivity index (χ4v) is 4.20. The number of hydrogen-bond acceptors (Lipinski definition) is 2. The lowest BCUT2D eigenvalue weighted by atomic mass is 10.1. The van der Waals surface area contributed by atoms with E-state index in [0.29, 0.717) is 12.0 Å². The fraction of sp³-hybridized carbons (Fsp3) is 0.391. The van der Waals surface area contributed by atoms with Crippen molar-refractivity contribution in [1.29, 1.82) is 0 Å². The maximum atomic E-state index is 12.8. The molecule has 0 aromatic heterocycles. The topological polar surface area (TPSA) is 45.1 Å². The minimum absolute atomic E-state index is 0.0916. The normalized spacial score (nSPS) is 18.0. The van der Waals surface area contributed by atoms with Crippen LogP contribution in [0.15, 0.2) is 48.5 Å². The Morgan fingerprint density at radius 3 is 2.43 bits per heavy atom. The Morgan fingerprint density at radius 2 is 1.79 bits per heavy atom. The highest BCUT2D eigenvalue weighted by Gasteiger charge is 2.25. The van der Waals surface area contributed by atoms with Crippen molar-refractivity contribution in [2.75, 3.05) is 37.6 Å². The van der Waals surface area contributed by atoms with Gasteiger partial charge >= 0.3 is 0 Å². The molecule has 0 atom stereocenters. The molecule has 2 fully saturated rings. The van der Waals surface area contributed by atoms with Crippen molar-refractivity contribution in [2.24, 2.45) is 0 Å². The molecule has 0 spiro atoms. The van der Waals surface area contributed by atoms with Crippen LogP contribution in [0.3, 0.4) is 0 Å². The number of aryl methyl sites for hydroxylation is 1. The van der Waals surface area contributed by atoms with Crippen molar-refractivity contribution in [3.8, 4) is 0 Å². The first-order valence-electron chi connectivity index (χ1n) is 10.2. The molecule has 0 bridgehead atoms. The number of quaternary nitrogens is 1. The molecule has 146 valence electrons. The third-order valence-electron chi connectivity index (χ3n) is 5.79. The van der Waals surface area contributed by atoms with Crippen molar-refractivity contribution in [1.82, 2.24) is 4.90 Å². The Balaban J connectivity index is 1.33. The third kappa shape index (κ3) is 4.09. The second-order valence-electron chi connectivity index (χ2n) is 7.90. The molecule has 4 rings (SSSR count). The Hall–Kier alpha value is -2.66. The van der Waals surface area contributed by atoms with Crippen LogP contribution in [0.5, 0.6) is 0 Å². The van der Waals surface area contributed by atoms with Gasteiger partial charge in [0.1, 0.15) is 6.54 Å². The molecule has 2 saturated heterocycles. The summed E-state index contributed by atoms with van der Waals surface area (Å²) in [5.74, 6) is 0.265. The SMILES string of the molecule is Cc1cccc(C[NH+]2CCN(C(=O)c3ccc(N4CCCC4=O)cc3)CC2)c1. The van der Waals surface area contributed by atoms with E-state index in [9.17, 15) is 9.59 Å². The summed E-state index contributed by atoms with van der Waals surface area (Å²) >= 11 is 0. The lowest BCUT2D eigenvalue weighted by Gasteiger charge is -2.32. The largest absolute Gasteiger partial charge is 0.328 e. The number of hydrogen-bond donors (Lipinski definition) is 1. The monoisotopic (exact) mass is 378 g/mol. The molecule has 2 aromatic carbocycles. The number of anilines is 1. The van der Waals surface area contributed by atoms with Crippen LogP contribution in [0.2, 0.25) is 0 Å². The van der Waals surface area contributed by atoms with Gasteiger partial charge in [-0.15, -0.1) is 0 Å². The van der Waals surface area contributed by atoms with E-state index in [1.54, 1.807) is 0 Å². The Labute approximate surface area is 166 Å². The second kappa shape index (κ2) is 8.15. The molecule has 28 heavy (non-hydrogen) atoms. The van der Waals surface area contributed by atoms with Gasteiger partial charge in [-0.2, -0.15) is 0 Å². The van der Waals surface area contributed by atoms with Crippen molar-refractivity contribution in [2.45, 2.75) is 26.3 Å². The van der Waals surface area contributed by atoms with Gasteiger partial charge in [-0.25, -0.2) is 0 Å². The lowest BCUT2D eigenvalue weighted by molar-refractivity contribution is -0.917. The van der Waals surface area contributed by atoms with E-state index in [-0.39, 0.29) is 11.8 Å². The first-order valence-corrected chi connectivity index (χ1v) is 10.2. The average molecular weight is 378 g/mol. The summed E-state index contributed by atoms with van der Waals surface area (Å²) in [5.41, 5.74) is 4.26. The highest BCUT2D eigenvalue weighted by molar-refractivity contribution is 5.97. The molecule has 1 N–H and O–H groups in total. The molecule has 5 nitrogen and oxygen atoms in total. The number of nitrogens with one attached hydrogen (secondary N) is 1. The molecule has 2 heterocycles. The number of rotatable bonds is 4. The van der Waals surface area contributed by atoms with Crippen LogP contribution in [0.4, 0.5) is 5.69 Å². The second-order valence-corrected chi connectivity index (χ2v) is 7.90. The number of benzene rings is 2. The third-order valence-corrected chi connectivity index (χ3v) is 5.79. The van der Waals surface area contributed by atoms with Gasteiger partial charge in [0, 0.05) is 29.8 Å². The summed E-state index contributed by atoms with van der Waals surface area (Å²) in [6.07, 6.45) is 1.53. The Kier molecular flexibility index (Phi) is 5.44. The Morgan fingerprint density at radius 1 is 1.04 bits per heavy atom. The molecule has 0 unspecified atom stereocenters. The molecule has 2 aromatic rings. The van der Waals surface area contributed by atoms with Gasteiger partial charge in [0.2, 0.25) is 5.91 Å². The van der Waals surface area contributed by atoms with Crippen molar-refractivity contribution in [3.05, 3.63) is 65.2 Å². The molecule has 0 saturated carbocycles. The van der Waals surface area contributed by atoms with Gasteiger partial charge < -0.3 is 14.7 Å². The van der Waals surface area contributed by atoms with Crippen LogP contribution in [0.25, 0.3) is 0 Å². The number of carbonyl (C=O) groups is 2. The van der Waals surface area contributed by atoms with Crippen molar-refractivity contribution in [3.63, 3.8) is 0 Å². The molecule has 2 aliphatic rings. The molecule has 2 aliphatic heterocycles. The summed E-state index contributed by atoms with van der Waals surface area (Å²) in [6.45, 7) is 7.43. The maximum absolute atomic E-state index is 12.8. The van der Waals surface area contributed by atoms with E-state index < -0.39 is 0 Å². The van der Waals surface area contributed by atoms with Crippen molar-refractivity contribution >= 4 is 17.5 Å². The molecular weight excluding hydrogens is 350 g/mol. The highest BCUT2D eigenvalue weighted by Crippen LogP contribution is 2.22. The van der Waals surface area contributed by atoms with Gasteiger partial charge in [-0.05, 0) is 37.6 Å². The van der Waals surface area contributed by atoms with Crippen LogP contribution in [0, 0.1) is 6.92 Å². The minimum atomic E-state index is 0.0916. The van der Waals surface area contributed by atoms with Crippen LogP contribution in [-0.2, 0) is 11.3 Å². The van der Waals surface area contributed by atoms with E-state index in [2.05, 4.69) is 31.2 Å². The fourth-order valence-electron chi connectivity index (χ4n) is 4.20. The van der Waals surface area contributed by atoms with Gasteiger partial charge in [0.25, 0.3) is 5.91 Å². The van der Waals surface area contributed by atoms with Gasteiger partial charge in [-0.3, -0.25) is 9.59 Å².